The standard InChI is InChI=1S/C25H22N2O2/c1-16-8-2-7-13-21(16)26-24(28)22-19-11-5-6-12-20(19)25(29)27-15-14-17-9-3-4-10-18(17)23(22)27/h2-13,22-23H,14-15H2,1H3,(H,26,28)/t22-,23-/m0/s1. The highest BCUT2D eigenvalue weighted by Crippen LogP contribution is 2.46. The van der Waals surface area contributed by atoms with Gasteiger partial charge < -0.3 is 10.2 Å². The molecule has 5 rings (SSSR count). The number of fused-ring (bicyclic) bond motifs is 4. The van der Waals surface area contributed by atoms with Gasteiger partial charge in [0.2, 0.25) is 5.91 Å². The predicted octanol–water partition coefficient (Wildman–Crippen LogP) is 4.47. The van der Waals surface area contributed by atoms with Crippen LogP contribution in [0.1, 0.15) is 44.6 Å². The van der Waals surface area contributed by atoms with Crippen LogP contribution >= 0.6 is 0 Å². The summed E-state index contributed by atoms with van der Waals surface area (Å²) < 4.78 is 0. The summed E-state index contributed by atoms with van der Waals surface area (Å²) in [6.45, 7) is 2.61. The zero-order valence-corrected chi connectivity index (χ0v) is 16.3. The van der Waals surface area contributed by atoms with Gasteiger partial charge in [-0.1, -0.05) is 60.7 Å². The summed E-state index contributed by atoms with van der Waals surface area (Å²) in [6.07, 6.45) is 0.812. The normalized spacial score (nSPS) is 19.8. The molecular weight excluding hydrogens is 360 g/mol. The Bertz CT molecular complexity index is 1120. The van der Waals surface area contributed by atoms with Crippen molar-refractivity contribution in [2.45, 2.75) is 25.3 Å². The zero-order chi connectivity index (χ0) is 20.0. The molecule has 1 N–H and O–H groups in total. The average Bonchev–Trinajstić information content (AvgIpc) is 2.75. The van der Waals surface area contributed by atoms with Crippen LogP contribution in [0.15, 0.2) is 72.8 Å². The van der Waals surface area contributed by atoms with Gasteiger partial charge in [0.1, 0.15) is 0 Å². The first-order valence-corrected chi connectivity index (χ1v) is 9.99. The Hall–Kier alpha value is -3.40. The first-order valence-electron chi connectivity index (χ1n) is 9.99. The van der Waals surface area contributed by atoms with Gasteiger partial charge in [-0.3, -0.25) is 9.59 Å². The molecule has 0 saturated carbocycles. The molecule has 2 amide bonds. The SMILES string of the molecule is Cc1ccccc1NC(=O)[C@H]1c2ccccc2C(=O)N2CCc3ccccc3[C@@H]12. The van der Waals surface area contributed by atoms with Crippen molar-refractivity contribution in [2.75, 3.05) is 11.9 Å². The van der Waals surface area contributed by atoms with Crippen molar-refractivity contribution in [1.29, 1.82) is 0 Å². The van der Waals surface area contributed by atoms with Crippen LogP contribution in [0.25, 0.3) is 0 Å². The number of hydrogen-bond acceptors (Lipinski definition) is 2. The second-order valence-corrected chi connectivity index (χ2v) is 7.76. The Morgan fingerprint density at radius 1 is 0.931 bits per heavy atom. The monoisotopic (exact) mass is 382 g/mol. The van der Waals surface area contributed by atoms with Gasteiger partial charge in [-0.15, -0.1) is 0 Å². The largest absolute Gasteiger partial charge is 0.330 e. The summed E-state index contributed by atoms with van der Waals surface area (Å²) in [5.74, 6) is -0.518. The second kappa shape index (κ2) is 6.89. The fourth-order valence-corrected chi connectivity index (χ4v) is 4.68. The number of aryl methyl sites for hydroxylation is 1. The fourth-order valence-electron chi connectivity index (χ4n) is 4.68. The van der Waals surface area contributed by atoms with Crippen LogP contribution in [0, 0.1) is 6.92 Å². The van der Waals surface area contributed by atoms with Crippen LogP contribution in [0.3, 0.4) is 0 Å². The van der Waals surface area contributed by atoms with Gasteiger partial charge in [0.25, 0.3) is 5.91 Å². The first kappa shape index (κ1) is 17.7. The number of carbonyl (C=O) groups is 2. The van der Waals surface area contributed by atoms with Crippen LogP contribution in [0.4, 0.5) is 5.69 Å². The summed E-state index contributed by atoms with van der Waals surface area (Å²) >= 11 is 0. The number of hydrogen-bond donors (Lipinski definition) is 1. The molecule has 2 heterocycles. The van der Waals surface area contributed by atoms with E-state index in [0.717, 1.165) is 28.8 Å². The van der Waals surface area contributed by atoms with E-state index in [9.17, 15) is 9.59 Å². The topological polar surface area (TPSA) is 49.4 Å². The third-order valence-corrected chi connectivity index (χ3v) is 6.12. The Balaban J connectivity index is 1.64. The Morgan fingerprint density at radius 2 is 1.62 bits per heavy atom. The van der Waals surface area contributed by atoms with Crippen LogP contribution in [0.2, 0.25) is 0 Å². The minimum absolute atomic E-state index is 0.0139. The van der Waals surface area contributed by atoms with Crippen molar-refractivity contribution < 1.29 is 9.59 Å². The van der Waals surface area contributed by atoms with Gasteiger partial charge >= 0.3 is 0 Å². The first-order chi connectivity index (χ1) is 14.1. The minimum atomic E-state index is -0.454. The number of amides is 2. The molecule has 0 aliphatic carbocycles. The second-order valence-electron chi connectivity index (χ2n) is 7.76. The maximum absolute atomic E-state index is 13.6. The van der Waals surface area contributed by atoms with E-state index in [1.54, 1.807) is 0 Å². The van der Waals surface area contributed by atoms with E-state index in [1.165, 1.54) is 5.56 Å². The number of carbonyl (C=O) groups excluding carboxylic acids is 2. The predicted molar refractivity (Wildman–Crippen MR) is 113 cm³/mol. The summed E-state index contributed by atoms with van der Waals surface area (Å²) in [4.78, 5) is 28.7. The molecule has 2 atom stereocenters. The van der Waals surface area contributed by atoms with Crippen molar-refractivity contribution in [3.8, 4) is 0 Å². The number of benzene rings is 3. The highest BCUT2D eigenvalue weighted by atomic mass is 16.2. The van der Waals surface area contributed by atoms with Crippen LogP contribution in [-0.4, -0.2) is 23.3 Å². The van der Waals surface area contributed by atoms with Gasteiger partial charge in [0.05, 0.1) is 12.0 Å². The minimum Gasteiger partial charge on any atom is -0.330 e. The van der Waals surface area contributed by atoms with Crippen molar-refractivity contribution >= 4 is 17.5 Å². The zero-order valence-electron chi connectivity index (χ0n) is 16.3. The van der Waals surface area contributed by atoms with Gasteiger partial charge in [0, 0.05) is 17.8 Å². The molecule has 2 aliphatic rings. The third kappa shape index (κ3) is 2.83. The molecule has 4 nitrogen and oxygen atoms in total. The lowest BCUT2D eigenvalue weighted by atomic mass is 9.76. The van der Waals surface area contributed by atoms with Gasteiger partial charge in [-0.25, -0.2) is 0 Å². The van der Waals surface area contributed by atoms with Gasteiger partial charge in [0.15, 0.2) is 0 Å². The molecule has 0 fully saturated rings. The Morgan fingerprint density at radius 3 is 2.45 bits per heavy atom. The van der Waals surface area contributed by atoms with Crippen LogP contribution in [0.5, 0.6) is 0 Å². The maximum Gasteiger partial charge on any atom is 0.254 e. The van der Waals surface area contributed by atoms with Crippen LogP contribution < -0.4 is 5.32 Å². The number of anilines is 1. The lowest BCUT2D eigenvalue weighted by Gasteiger charge is -2.45. The molecule has 144 valence electrons. The molecule has 0 radical (unpaired) electrons. The molecule has 29 heavy (non-hydrogen) atoms. The van der Waals surface area contributed by atoms with Crippen molar-refractivity contribution in [1.82, 2.24) is 4.90 Å². The van der Waals surface area contributed by atoms with E-state index in [1.807, 2.05) is 72.5 Å². The summed E-state index contributed by atoms with van der Waals surface area (Å²) in [7, 11) is 0. The van der Waals surface area contributed by atoms with Gasteiger partial charge in [-0.05, 0) is 47.7 Å². The molecule has 0 unspecified atom stereocenters. The molecule has 4 heteroatoms. The van der Waals surface area contributed by atoms with Crippen molar-refractivity contribution in [2.24, 2.45) is 0 Å². The fraction of sp³-hybridized carbons (Fsp3) is 0.200. The number of para-hydroxylation sites is 1. The van der Waals surface area contributed by atoms with E-state index in [-0.39, 0.29) is 17.9 Å². The van der Waals surface area contributed by atoms with Gasteiger partial charge in [-0.2, -0.15) is 0 Å². The Kier molecular flexibility index (Phi) is 4.20. The summed E-state index contributed by atoms with van der Waals surface area (Å²) in [6, 6.07) is 23.2. The third-order valence-electron chi connectivity index (χ3n) is 6.12. The summed E-state index contributed by atoms with van der Waals surface area (Å²) in [5.41, 5.74) is 5.56. The van der Waals surface area contributed by atoms with Crippen molar-refractivity contribution in [3.63, 3.8) is 0 Å². The molecular formula is C25H22N2O2. The Labute approximate surface area is 170 Å². The molecule has 0 saturated heterocycles. The maximum atomic E-state index is 13.6. The van der Waals surface area contributed by atoms with Crippen LogP contribution in [-0.2, 0) is 11.2 Å². The van der Waals surface area contributed by atoms with E-state index in [0.29, 0.717) is 12.1 Å². The lowest BCUT2D eigenvalue weighted by molar-refractivity contribution is -0.119. The molecule has 0 bridgehead atoms. The molecule has 3 aromatic carbocycles. The lowest BCUT2D eigenvalue weighted by Crippen LogP contribution is -2.49. The van der Waals surface area contributed by atoms with E-state index in [2.05, 4.69) is 17.4 Å². The molecule has 3 aromatic rings. The number of nitrogens with zero attached hydrogens (tertiary/aromatic N) is 1. The number of rotatable bonds is 2. The highest BCUT2D eigenvalue weighted by Gasteiger charge is 2.46. The quantitative estimate of drug-likeness (QED) is 0.711. The smallest absolute Gasteiger partial charge is 0.254 e. The van der Waals surface area contributed by atoms with E-state index < -0.39 is 5.92 Å². The highest BCUT2D eigenvalue weighted by molar-refractivity contribution is 6.04. The van der Waals surface area contributed by atoms with E-state index in [4.69, 9.17) is 0 Å². The molecule has 2 aliphatic heterocycles. The number of nitrogens with one attached hydrogen (secondary N) is 1. The van der Waals surface area contributed by atoms with Crippen molar-refractivity contribution in [3.05, 3.63) is 101 Å². The summed E-state index contributed by atoms with van der Waals surface area (Å²) in [5, 5.41) is 3.12. The average molecular weight is 382 g/mol. The molecule has 0 aromatic heterocycles. The molecule has 0 spiro atoms. The van der Waals surface area contributed by atoms with E-state index >= 15 is 0 Å².